The standard InChI is InChI=1S/C20H27NO4/c1-13(2)17(20(23)24)10-19(22)18(21)12-25-11-15-8-5-7-14-6-3-4-9-16(14)15/h3-9,13,17-19,22H,10-12,21H2,1-2H3,(H,23,24). The Bertz CT molecular complexity index is 696. The Morgan fingerprint density at radius 1 is 1.16 bits per heavy atom. The molecule has 0 aliphatic heterocycles. The number of aliphatic carboxylic acids is 1. The van der Waals surface area contributed by atoms with Crippen molar-refractivity contribution >= 4 is 16.7 Å². The molecule has 5 heteroatoms. The van der Waals surface area contributed by atoms with Crippen LogP contribution in [0.2, 0.25) is 0 Å². The largest absolute Gasteiger partial charge is 0.481 e. The molecule has 0 fully saturated rings. The fourth-order valence-electron chi connectivity index (χ4n) is 2.93. The molecule has 0 aromatic heterocycles. The van der Waals surface area contributed by atoms with Crippen LogP contribution in [0.5, 0.6) is 0 Å². The second-order valence-electron chi connectivity index (χ2n) is 6.81. The normalized spacial score (nSPS) is 15.2. The van der Waals surface area contributed by atoms with Crippen molar-refractivity contribution in [3.63, 3.8) is 0 Å². The first-order valence-electron chi connectivity index (χ1n) is 8.61. The molecular formula is C20H27NO4. The Morgan fingerprint density at radius 2 is 1.84 bits per heavy atom. The quantitative estimate of drug-likeness (QED) is 0.650. The molecule has 25 heavy (non-hydrogen) atoms. The average molecular weight is 345 g/mol. The number of fused-ring (bicyclic) bond motifs is 1. The topological polar surface area (TPSA) is 92.8 Å². The minimum absolute atomic E-state index is 0.0593. The van der Waals surface area contributed by atoms with Crippen molar-refractivity contribution in [2.45, 2.75) is 39.0 Å². The SMILES string of the molecule is CC(C)C(CC(O)C(N)COCc1cccc2ccccc12)C(=O)O. The summed E-state index contributed by atoms with van der Waals surface area (Å²) < 4.78 is 5.68. The first-order chi connectivity index (χ1) is 11.9. The van der Waals surface area contributed by atoms with Crippen LogP contribution in [0.4, 0.5) is 0 Å². The van der Waals surface area contributed by atoms with Gasteiger partial charge in [-0.15, -0.1) is 0 Å². The van der Waals surface area contributed by atoms with Gasteiger partial charge in [-0.1, -0.05) is 56.3 Å². The minimum Gasteiger partial charge on any atom is -0.481 e. The van der Waals surface area contributed by atoms with Gasteiger partial charge in [-0.05, 0) is 28.7 Å². The van der Waals surface area contributed by atoms with Gasteiger partial charge in [0.25, 0.3) is 0 Å². The van der Waals surface area contributed by atoms with E-state index in [1.165, 1.54) is 0 Å². The highest BCUT2D eigenvalue weighted by Crippen LogP contribution is 2.20. The van der Waals surface area contributed by atoms with Gasteiger partial charge < -0.3 is 20.7 Å². The lowest BCUT2D eigenvalue weighted by atomic mass is 9.88. The van der Waals surface area contributed by atoms with Crippen molar-refractivity contribution in [1.82, 2.24) is 0 Å². The lowest BCUT2D eigenvalue weighted by Gasteiger charge is -2.24. The summed E-state index contributed by atoms with van der Waals surface area (Å²) in [6.07, 6.45) is -0.776. The van der Waals surface area contributed by atoms with Crippen LogP contribution in [0.1, 0.15) is 25.8 Å². The van der Waals surface area contributed by atoms with E-state index in [4.69, 9.17) is 10.5 Å². The predicted octanol–water partition coefficient (Wildman–Crippen LogP) is 2.79. The monoisotopic (exact) mass is 345 g/mol. The lowest BCUT2D eigenvalue weighted by molar-refractivity contribution is -0.144. The van der Waals surface area contributed by atoms with Gasteiger partial charge in [-0.2, -0.15) is 0 Å². The molecule has 0 radical (unpaired) electrons. The molecular weight excluding hydrogens is 318 g/mol. The van der Waals surface area contributed by atoms with E-state index in [0.29, 0.717) is 6.61 Å². The molecule has 4 N–H and O–H groups in total. The molecule has 2 aromatic carbocycles. The van der Waals surface area contributed by atoms with Gasteiger partial charge in [-0.25, -0.2) is 0 Å². The van der Waals surface area contributed by atoms with Crippen LogP contribution in [0.3, 0.4) is 0 Å². The number of hydrogen-bond acceptors (Lipinski definition) is 4. The summed E-state index contributed by atoms with van der Waals surface area (Å²) in [5.74, 6) is -1.58. The molecule has 0 spiro atoms. The van der Waals surface area contributed by atoms with Gasteiger partial charge in [0, 0.05) is 0 Å². The Morgan fingerprint density at radius 3 is 2.52 bits per heavy atom. The zero-order chi connectivity index (χ0) is 18.4. The Hall–Kier alpha value is -1.95. The summed E-state index contributed by atoms with van der Waals surface area (Å²) >= 11 is 0. The molecule has 0 amide bonds. The highest BCUT2D eigenvalue weighted by molar-refractivity contribution is 5.85. The molecule has 2 aromatic rings. The number of hydrogen-bond donors (Lipinski definition) is 3. The van der Waals surface area contributed by atoms with Crippen molar-refractivity contribution < 1.29 is 19.7 Å². The van der Waals surface area contributed by atoms with E-state index in [1.54, 1.807) is 0 Å². The van der Waals surface area contributed by atoms with E-state index in [1.807, 2.05) is 56.3 Å². The molecule has 2 rings (SSSR count). The van der Waals surface area contributed by atoms with Gasteiger partial charge in [0.15, 0.2) is 0 Å². The van der Waals surface area contributed by atoms with Crippen LogP contribution in [0, 0.1) is 11.8 Å². The number of carbonyl (C=O) groups is 1. The number of aliphatic hydroxyl groups excluding tert-OH is 1. The summed E-state index contributed by atoms with van der Waals surface area (Å²) in [6, 6.07) is 13.5. The Balaban J connectivity index is 1.89. The van der Waals surface area contributed by atoms with Gasteiger partial charge in [-0.3, -0.25) is 4.79 Å². The van der Waals surface area contributed by atoms with E-state index >= 15 is 0 Å². The van der Waals surface area contributed by atoms with Crippen LogP contribution in [0.25, 0.3) is 10.8 Å². The average Bonchev–Trinajstić information content (AvgIpc) is 2.58. The molecule has 5 nitrogen and oxygen atoms in total. The van der Waals surface area contributed by atoms with Crippen molar-refractivity contribution in [3.8, 4) is 0 Å². The zero-order valence-electron chi connectivity index (χ0n) is 14.8. The number of nitrogens with two attached hydrogens (primary N) is 1. The Labute approximate surface area is 148 Å². The second kappa shape index (κ2) is 8.94. The third-order valence-electron chi connectivity index (χ3n) is 4.56. The van der Waals surface area contributed by atoms with Crippen molar-refractivity contribution in [3.05, 3.63) is 48.0 Å². The smallest absolute Gasteiger partial charge is 0.306 e. The highest BCUT2D eigenvalue weighted by Gasteiger charge is 2.27. The van der Waals surface area contributed by atoms with E-state index < -0.39 is 24.0 Å². The number of rotatable bonds is 9. The van der Waals surface area contributed by atoms with Crippen molar-refractivity contribution in [1.29, 1.82) is 0 Å². The second-order valence-corrected chi connectivity index (χ2v) is 6.81. The summed E-state index contributed by atoms with van der Waals surface area (Å²) in [4.78, 5) is 11.2. The van der Waals surface area contributed by atoms with Gasteiger partial charge in [0.2, 0.25) is 0 Å². The predicted molar refractivity (Wildman–Crippen MR) is 98.2 cm³/mol. The first-order valence-corrected chi connectivity index (χ1v) is 8.61. The summed E-state index contributed by atoms with van der Waals surface area (Å²) in [5.41, 5.74) is 7.04. The van der Waals surface area contributed by atoms with Gasteiger partial charge in [0.1, 0.15) is 0 Å². The molecule has 0 heterocycles. The fraction of sp³-hybridized carbons (Fsp3) is 0.450. The number of ether oxygens (including phenoxy) is 1. The van der Waals surface area contributed by atoms with E-state index in [9.17, 15) is 15.0 Å². The molecule has 0 aliphatic rings. The highest BCUT2D eigenvalue weighted by atomic mass is 16.5. The third-order valence-corrected chi connectivity index (χ3v) is 4.56. The van der Waals surface area contributed by atoms with Crippen molar-refractivity contribution in [2.75, 3.05) is 6.61 Å². The van der Waals surface area contributed by atoms with E-state index in [-0.39, 0.29) is 18.9 Å². The number of benzene rings is 2. The summed E-state index contributed by atoms with van der Waals surface area (Å²) in [5, 5.41) is 21.7. The molecule has 3 atom stereocenters. The lowest BCUT2D eigenvalue weighted by Crippen LogP contribution is -2.41. The van der Waals surface area contributed by atoms with Crippen LogP contribution >= 0.6 is 0 Å². The minimum atomic E-state index is -0.906. The molecule has 0 saturated heterocycles. The van der Waals surface area contributed by atoms with Crippen LogP contribution in [-0.2, 0) is 16.1 Å². The van der Waals surface area contributed by atoms with Gasteiger partial charge in [0.05, 0.1) is 31.3 Å². The maximum atomic E-state index is 11.2. The molecule has 0 saturated carbocycles. The first kappa shape index (κ1) is 19.4. The molecule has 0 aliphatic carbocycles. The molecule has 3 unspecified atom stereocenters. The van der Waals surface area contributed by atoms with Gasteiger partial charge >= 0.3 is 5.97 Å². The number of carboxylic acid groups (broad SMARTS) is 1. The number of carboxylic acids is 1. The van der Waals surface area contributed by atoms with E-state index in [2.05, 4.69) is 0 Å². The zero-order valence-corrected chi connectivity index (χ0v) is 14.8. The Kier molecular flexibility index (Phi) is 6.93. The number of aliphatic hydroxyl groups is 1. The van der Waals surface area contributed by atoms with Crippen LogP contribution in [-0.4, -0.2) is 34.9 Å². The van der Waals surface area contributed by atoms with Crippen LogP contribution in [0.15, 0.2) is 42.5 Å². The maximum absolute atomic E-state index is 11.2. The fourth-order valence-corrected chi connectivity index (χ4v) is 2.93. The maximum Gasteiger partial charge on any atom is 0.306 e. The molecule has 0 bridgehead atoms. The summed E-state index contributed by atoms with van der Waals surface area (Å²) in [7, 11) is 0. The van der Waals surface area contributed by atoms with Crippen LogP contribution < -0.4 is 5.73 Å². The third kappa shape index (κ3) is 5.26. The summed E-state index contributed by atoms with van der Waals surface area (Å²) in [6.45, 7) is 4.23. The molecule has 136 valence electrons. The van der Waals surface area contributed by atoms with E-state index in [0.717, 1.165) is 16.3 Å². The van der Waals surface area contributed by atoms with Crippen molar-refractivity contribution in [2.24, 2.45) is 17.6 Å².